The Kier molecular flexibility index (Phi) is 10.1. The van der Waals surface area contributed by atoms with Crippen LogP contribution in [0.2, 0.25) is 0 Å². The number of allylic oxidation sites excluding steroid dienone is 1. The molecule has 1 aromatic rings. The standard InChI is InChI=1S/C32H43BrN2O5S/c1-7-10-11-16-40-31(39)24-25-29(37)35(23(18-36)19(4)9-3)28(32(25)17-22(33)27(24)41-32)30(38)34(15-8-2)26-20(5)13-12-14-21(26)6/h7-8,12-14,19,22-25,27-28,36H,1-2,9-11,15-18H2,3-6H3/t19-,22?,23-,24-,25-,27-,28?,32?/m0/s1. The molecule has 1 aromatic carbocycles. The number of unbranched alkanes of at least 4 members (excludes halogenated alkanes) is 1. The number of aryl methyl sites for hydroxylation is 2. The fraction of sp³-hybridized carbons (Fsp3) is 0.594. The maximum atomic E-state index is 14.9. The number of para-hydroxylation sites is 1. The molecule has 0 aliphatic carbocycles. The van der Waals surface area contributed by atoms with E-state index in [1.165, 1.54) is 0 Å². The van der Waals surface area contributed by atoms with Gasteiger partial charge in [0, 0.05) is 22.3 Å². The number of halogens is 1. The molecule has 0 saturated carbocycles. The van der Waals surface area contributed by atoms with Crippen LogP contribution in [0.5, 0.6) is 0 Å². The Bertz CT molecular complexity index is 1170. The molecule has 3 saturated heterocycles. The normalized spacial score (nSPS) is 29.7. The van der Waals surface area contributed by atoms with E-state index in [1.807, 2.05) is 45.9 Å². The Balaban J connectivity index is 1.83. The zero-order valence-corrected chi connectivity index (χ0v) is 27.0. The Morgan fingerprint density at radius 1 is 1.29 bits per heavy atom. The lowest BCUT2D eigenvalue weighted by Crippen LogP contribution is -2.59. The summed E-state index contributed by atoms with van der Waals surface area (Å²) >= 11 is 5.40. The fourth-order valence-corrected chi connectivity index (χ4v) is 10.7. The number of alkyl halides is 1. The molecule has 0 radical (unpaired) electrons. The van der Waals surface area contributed by atoms with Crippen LogP contribution in [0.25, 0.3) is 0 Å². The molecule has 4 rings (SSSR count). The summed E-state index contributed by atoms with van der Waals surface area (Å²) < 4.78 is 4.88. The molecule has 3 aliphatic rings. The van der Waals surface area contributed by atoms with Crippen molar-refractivity contribution in [2.75, 3.05) is 24.7 Å². The van der Waals surface area contributed by atoms with E-state index in [2.05, 4.69) is 29.1 Å². The summed E-state index contributed by atoms with van der Waals surface area (Å²) in [4.78, 5) is 46.4. The van der Waals surface area contributed by atoms with E-state index in [1.54, 1.807) is 33.7 Å². The van der Waals surface area contributed by atoms with Gasteiger partial charge in [0.15, 0.2) is 0 Å². The number of esters is 1. The first-order valence-corrected chi connectivity index (χ1v) is 16.4. The highest BCUT2D eigenvalue weighted by Gasteiger charge is 2.77. The number of carbonyl (C=O) groups is 3. The highest BCUT2D eigenvalue weighted by Crippen LogP contribution is 2.68. The molecule has 2 amide bonds. The van der Waals surface area contributed by atoms with E-state index < -0.39 is 28.7 Å². The van der Waals surface area contributed by atoms with Gasteiger partial charge in [0.25, 0.3) is 5.91 Å². The molecule has 8 atom stereocenters. The molecule has 224 valence electrons. The van der Waals surface area contributed by atoms with Crippen molar-refractivity contribution in [3.63, 3.8) is 0 Å². The first-order chi connectivity index (χ1) is 19.6. The van der Waals surface area contributed by atoms with E-state index >= 15 is 0 Å². The van der Waals surface area contributed by atoms with Crippen LogP contribution in [0.1, 0.15) is 50.7 Å². The van der Waals surface area contributed by atoms with Gasteiger partial charge in [-0.2, -0.15) is 0 Å². The smallest absolute Gasteiger partial charge is 0.310 e. The van der Waals surface area contributed by atoms with Gasteiger partial charge in [0.2, 0.25) is 5.91 Å². The predicted octanol–water partition coefficient (Wildman–Crippen LogP) is 5.20. The Morgan fingerprint density at radius 3 is 2.56 bits per heavy atom. The molecule has 1 spiro atoms. The zero-order valence-electron chi connectivity index (χ0n) is 24.6. The topological polar surface area (TPSA) is 87.1 Å². The van der Waals surface area contributed by atoms with Crippen LogP contribution in [-0.2, 0) is 19.1 Å². The minimum absolute atomic E-state index is 0.0474. The summed E-state index contributed by atoms with van der Waals surface area (Å²) in [6, 6.07) is 4.51. The number of anilines is 1. The van der Waals surface area contributed by atoms with Gasteiger partial charge < -0.3 is 19.6 Å². The van der Waals surface area contributed by atoms with E-state index in [0.717, 1.165) is 29.7 Å². The molecule has 3 unspecified atom stereocenters. The molecule has 7 nitrogen and oxygen atoms in total. The van der Waals surface area contributed by atoms with Crippen molar-refractivity contribution in [1.82, 2.24) is 4.90 Å². The molecule has 3 aliphatic heterocycles. The molecule has 41 heavy (non-hydrogen) atoms. The van der Waals surface area contributed by atoms with Crippen LogP contribution in [-0.4, -0.2) is 74.5 Å². The number of amides is 2. The summed E-state index contributed by atoms with van der Waals surface area (Å²) in [6.45, 7) is 15.9. The second kappa shape index (κ2) is 13.0. The molecule has 3 fully saturated rings. The average molecular weight is 648 g/mol. The number of carbonyl (C=O) groups excluding carboxylic acids is 3. The Morgan fingerprint density at radius 2 is 1.98 bits per heavy atom. The number of aliphatic hydroxyl groups is 1. The number of rotatable bonds is 13. The average Bonchev–Trinajstić information content (AvgIpc) is 3.54. The highest BCUT2D eigenvalue weighted by molar-refractivity contribution is 9.09. The van der Waals surface area contributed by atoms with Gasteiger partial charge >= 0.3 is 5.97 Å². The largest absolute Gasteiger partial charge is 0.465 e. The minimum Gasteiger partial charge on any atom is -0.465 e. The van der Waals surface area contributed by atoms with Crippen molar-refractivity contribution in [2.24, 2.45) is 17.8 Å². The Labute approximate surface area is 256 Å². The van der Waals surface area contributed by atoms with Crippen LogP contribution in [0.15, 0.2) is 43.5 Å². The predicted molar refractivity (Wildman–Crippen MR) is 168 cm³/mol. The lowest BCUT2D eigenvalue weighted by Gasteiger charge is -2.41. The van der Waals surface area contributed by atoms with Crippen molar-refractivity contribution < 1.29 is 24.2 Å². The SMILES string of the molecule is C=CCCCOC(=O)[C@H]1[C@H]2C(=O)N([C@@H](CO)[C@@H](C)CC)C(C(=O)N(CC=C)c3c(C)cccc3C)C23CC(Br)[C@@H]1S3. The summed E-state index contributed by atoms with van der Waals surface area (Å²) in [6.07, 6.45) is 6.19. The molecule has 9 heteroatoms. The van der Waals surface area contributed by atoms with Crippen LogP contribution in [0.3, 0.4) is 0 Å². The number of nitrogens with zero attached hydrogens (tertiary/aromatic N) is 2. The number of aliphatic hydroxyl groups excluding tert-OH is 1. The Hall–Kier alpha value is -2.10. The number of hydrogen-bond acceptors (Lipinski definition) is 6. The number of ether oxygens (including phenoxy) is 1. The maximum Gasteiger partial charge on any atom is 0.310 e. The second-order valence-corrected chi connectivity index (χ2v) is 14.3. The zero-order chi connectivity index (χ0) is 30.1. The van der Waals surface area contributed by atoms with Crippen LogP contribution < -0.4 is 4.90 Å². The number of hydrogen-bond donors (Lipinski definition) is 1. The molecule has 1 N–H and O–H groups in total. The van der Waals surface area contributed by atoms with E-state index in [-0.39, 0.29) is 53.5 Å². The van der Waals surface area contributed by atoms with Crippen LogP contribution in [0, 0.1) is 31.6 Å². The van der Waals surface area contributed by atoms with Crippen LogP contribution >= 0.6 is 27.7 Å². The number of benzene rings is 1. The molecule has 0 aromatic heterocycles. The van der Waals surface area contributed by atoms with Crippen molar-refractivity contribution >= 4 is 51.2 Å². The monoisotopic (exact) mass is 646 g/mol. The first-order valence-electron chi connectivity index (χ1n) is 14.6. The van der Waals surface area contributed by atoms with Crippen molar-refractivity contribution in [3.8, 4) is 0 Å². The number of likely N-dealkylation sites (tertiary alicyclic amines) is 1. The van der Waals surface area contributed by atoms with Gasteiger partial charge in [-0.25, -0.2) is 0 Å². The maximum absolute atomic E-state index is 14.9. The number of thioether (sulfide) groups is 1. The quantitative estimate of drug-likeness (QED) is 0.137. The molecular formula is C32H43BrN2O5S. The third kappa shape index (κ3) is 5.42. The van der Waals surface area contributed by atoms with Crippen molar-refractivity contribution in [2.45, 2.75) is 80.3 Å². The summed E-state index contributed by atoms with van der Waals surface area (Å²) in [7, 11) is 0. The second-order valence-electron chi connectivity index (χ2n) is 11.6. The lowest BCUT2D eigenvalue weighted by atomic mass is 9.71. The minimum atomic E-state index is -0.848. The van der Waals surface area contributed by atoms with Gasteiger partial charge in [0.1, 0.15) is 6.04 Å². The molecule has 2 bridgehead atoms. The van der Waals surface area contributed by atoms with Gasteiger partial charge in [0.05, 0.1) is 35.8 Å². The van der Waals surface area contributed by atoms with E-state index in [9.17, 15) is 19.5 Å². The van der Waals surface area contributed by atoms with Gasteiger partial charge in [-0.3, -0.25) is 14.4 Å². The summed E-state index contributed by atoms with van der Waals surface area (Å²) in [5, 5.41) is 10.4. The molecule has 3 heterocycles. The van der Waals surface area contributed by atoms with Crippen molar-refractivity contribution in [3.05, 3.63) is 54.6 Å². The van der Waals surface area contributed by atoms with Gasteiger partial charge in [-0.05, 0) is 50.2 Å². The van der Waals surface area contributed by atoms with Gasteiger partial charge in [-0.1, -0.05) is 66.5 Å². The summed E-state index contributed by atoms with van der Waals surface area (Å²) in [5.41, 5.74) is 2.71. The summed E-state index contributed by atoms with van der Waals surface area (Å²) in [5.74, 6) is -2.23. The van der Waals surface area contributed by atoms with Gasteiger partial charge in [-0.15, -0.1) is 24.9 Å². The van der Waals surface area contributed by atoms with E-state index in [0.29, 0.717) is 12.8 Å². The fourth-order valence-electron chi connectivity index (χ4n) is 7.08. The van der Waals surface area contributed by atoms with Crippen LogP contribution in [0.4, 0.5) is 5.69 Å². The third-order valence-electron chi connectivity index (χ3n) is 9.16. The highest BCUT2D eigenvalue weighted by atomic mass is 79.9. The third-order valence-corrected chi connectivity index (χ3v) is 12.4. The first kappa shape index (κ1) is 31.8. The molecular weight excluding hydrogens is 604 g/mol. The number of fused-ring (bicyclic) bond motifs is 1. The van der Waals surface area contributed by atoms with Crippen molar-refractivity contribution in [1.29, 1.82) is 0 Å². The van der Waals surface area contributed by atoms with E-state index in [4.69, 9.17) is 4.74 Å². The lowest BCUT2D eigenvalue weighted by molar-refractivity contribution is -0.154.